The van der Waals surface area contributed by atoms with Crippen LogP contribution < -0.4 is 4.90 Å². The molecule has 1 aliphatic rings. The molecule has 4 rings (SSSR count). The zero-order chi connectivity index (χ0) is 17.2. The highest BCUT2D eigenvalue weighted by atomic mass is 32.2. The van der Waals surface area contributed by atoms with Crippen molar-refractivity contribution in [3.63, 3.8) is 0 Å². The van der Waals surface area contributed by atoms with E-state index >= 15 is 0 Å². The molecule has 0 unspecified atom stereocenters. The van der Waals surface area contributed by atoms with Gasteiger partial charge in [0.25, 0.3) is 5.22 Å². The minimum Gasteiger partial charge on any atom is -0.411 e. The summed E-state index contributed by atoms with van der Waals surface area (Å²) < 4.78 is 5.61. The molecule has 25 heavy (non-hydrogen) atoms. The fourth-order valence-corrected chi connectivity index (χ4v) is 3.64. The largest absolute Gasteiger partial charge is 0.411 e. The SMILES string of the molecule is C[C@H]1Cc2ccccc2N1C(=O)CSc1nnc(-c2cccnc2)o1. The van der Waals surface area contributed by atoms with Gasteiger partial charge in [-0.2, -0.15) is 0 Å². The zero-order valence-electron chi connectivity index (χ0n) is 13.6. The minimum absolute atomic E-state index is 0.0450. The van der Waals surface area contributed by atoms with Crippen molar-refractivity contribution in [3.05, 3.63) is 54.4 Å². The average molecular weight is 352 g/mol. The van der Waals surface area contributed by atoms with Crippen molar-refractivity contribution in [2.24, 2.45) is 0 Å². The van der Waals surface area contributed by atoms with Crippen molar-refractivity contribution in [1.82, 2.24) is 15.2 Å². The summed E-state index contributed by atoms with van der Waals surface area (Å²) in [6, 6.07) is 11.9. The number of benzene rings is 1. The van der Waals surface area contributed by atoms with E-state index in [0.717, 1.165) is 17.7 Å². The van der Waals surface area contributed by atoms with E-state index < -0.39 is 0 Å². The molecule has 0 fully saturated rings. The molecule has 0 radical (unpaired) electrons. The van der Waals surface area contributed by atoms with Crippen molar-refractivity contribution in [2.45, 2.75) is 24.6 Å². The van der Waals surface area contributed by atoms with E-state index in [4.69, 9.17) is 4.42 Å². The molecule has 1 aliphatic heterocycles. The van der Waals surface area contributed by atoms with Crippen LogP contribution in [-0.4, -0.2) is 32.9 Å². The Morgan fingerprint density at radius 1 is 1.28 bits per heavy atom. The third-order valence-electron chi connectivity index (χ3n) is 4.11. The van der Waals surface area contributed by atoms with Gasteiger partial charge in [-0.3, -0.25) is 9.78 Å². The number of anilines is 1. The first-order valence-electron chi connectivity index (χ1n) is 7.99. The Hall–Kier alpha value is -2.67. The predicted octanol–water partition coefficient (Wildman–Crippen LogP) is 3.20. The van der Waals surface area contributed by atoms with Crippen molar-refractivity contribution in [2.75, 3.05) is 10.7 Å². The van der Waals surface area contributed by atoms with Crippen molar-refractivity contribution >= 4 is 23.4 Å². The van der Waals surface area contributed by atoms with Gasteiger partial charge in [-0.05, 0) is 37.1 Å². The van der Waals surface area contributed by atoms with E-state index in [-0.39, 0.29) is 17.7 Å². The van der Waals surface area contributed by atoms with Gasteiger partial charge in [0.1, 0.15) is 0 Å². The van der Waals surface area contributed by atoms with Gasteiger partial charge < -0.3 is 9.32 Å². The van der Waals surface area contributed by atoms with Crippen LogP contribution in [0, 0.1) is 0 Å². The maximum Gasteiger partial charge on any atom is 0.277 e. The number of fused-ring (bicyclic) bond motifs is 1. The normalized spacial score (nSPS) is 16.0. The molecule has 0 N–H and O–H groups in total. The second-order valence-corrected chi connectivity index (χ2v) is 6.78. The number of amides is 1. The molecule has 6 nitrogen and oxygen atoms in total. The molecule has 1 amide bonds. The van der Waals surface area contributed by atoms with Crippen molar-refractivity contribution < 1.29 is 9.21 Å². The molecule has 2 aromatic heterocycles. The first kappa shape index (κ1) is 15.8. The highest BCUT2D eigenvalue weighted by molar-refractivity contribution is 7.99. The number of pyridine rings is 1. The summed E-state index contributed by atoms with van der Waals surface area (Å²) in [5.74, 6) is 0.708. The van der Waals surface area contributed by atoms with Crippen LogP contribution >= 0.6 is 11.8 Å². The molecular weight excluding hydrogens is 336 g/mol. The molecule has 126 valence electrons. The lowest BCUT2D eigenvalue weighted by Crippen LogP contribution is -2.36. The number of carbonyl (C=O) groups is 1. The number of hydrogen-bond acceptors (Lipinski definition) is 6. The number of hydrogen-bond donors (Lipinski definition) is 0. The van der Waals surface area contributed by atoms with Crippen LogP contribution in [0.25, 0.3) is 11.5 Å². The van der Waals surface area contributed by atoms with Crippen LogP contribution in [0.4, 0.5) is 5.69 Å². The lowest BCUT2D eigenvalue weighted by atomic mass is 10.1. The first-order valence-corrected chi connectivity index (χ1v) is 8.97. The molecule has 0 bridgehead atoms. The molecule has 7 heteroatoms. The molecule has 0 saturated heterocycles. The number of rotatable bonds is 4. The Balaban J connectivity index is 1.44. The van der Waals surface area contributed by atoms with Gasteiger partial charge in [-0.1, -0.05) is 30.0 Å². The van der Waals surface area contributed by atoms with Crippen LogP contribution in [0.3, 0.4) is 0 Å². The fourth-order valence-electron chi connectivity index (χ4n) is 3.01. The van der Waals surface area contributed by atoms with Gasteiger partial charge in [0.15, 0.2) is 0 Å². The molecule has 0 aliphatic carbocycles. The number of carbonyl (C=O) groups excluding carboxylic acids is 1. The van der Waals surface area contributed by atoms with Gasteiger partial charge in [0.05, 0.1) is 11.3 Å². The van der Waals surface area contributed by atoms with Crippen LogP contribution in [0.15, 0.2) is 58.4 Å². The maximum absolute atomic E-state index is 12.7. The van der Waals surface area contributed by atoms with Crippen LogP contribution in [0.1, 0.15) is 12.5 Å². The summed E-state index contributed by atoms with van der Waals surface area (Å²) in [5, 5.41) is 8.39. The van der Waals surface area contributed by atoms with E-state index in [0.29, 0.717) is 11.1 Å². The summed E-state index contributed by atoms with van der Waals surface area (Å²) in [6.07, 6.45) is 4.23. The summed E-state index contributed by atoms with van der Waals surface area (Å²) in [7, 11) is 0. The van der Waals surface area contributed by atoms with Gasteiger partial charge in [0.2, 0.25) is 11.8 Å². The van der Waals surface area contributed by atoms with Crippen LogP contribution in [0.5, 0.6) is 0 Å². The van der Waals surface area contributed by atoms with E-state index in [1.807, 2.05) is 35.2 Å². The molecule has 0 spiro atoms. The fraction of sp³-hybridized carbons (Fsp3) is 0.222. The lowest BCUT2D eigenvalue weighted by Gasteiger charge is -2.22. The summed E-state index contributed by atoms with van der Waals surface area (Å²) in [6.45, 7) is 2.07. The summed E-state index contributed by atoms with van der Waals surface area (Å²) in [4.78, 5) is 18.6. The minimum atomic E-state index is 0.0450. The third kappa shape index (κ3) is 3.15. The standard InChI is InChI=1S/C18H16N4O2S/c1-12-9-13-5-2-3-7-15(13)22(12)16(23)11-25-18-21-20-17(24-18)14-6-4-8-19-10-14/h2-8,10,12H,9,11H2,1H3/t12-/m0/s1. The zero-order valence-corrected chi connectivity index (χ0v) is 14.4. The second-order valence-electron chi connectivity index (χ2n) is 5.85. The monoisotopic (exact) mass is 352 g/mol. The van der Waals surface area contributed by atoms with E-state index in [1.54, 1.807) is 12.4 Å². The number of thioether (sulfide) groups is 1. The Labute approximate surface area is 149 Å². The highest BCUT2D eigenvalue weighted by Gasteiger charge is 2.30. The summed E-state index contributed by atoms with van der Waals surface area (Å²) >= 11 is 1.26. The van der Waals surface area contributed by atoms with Crippen molar-refractivity contribution in [3.8, 4) is 11.5 Å². The predicted molar refractivity (Wildman–Crippen MR) is 95.3 cm³/mol. The topological polar surface area (TPSA) is 72.1 Å². The quantitative estimate of drug-likeness (QED) is 0.672. The Kier molecular flexibility index (Phi) is 4.23. The molecule has 1 aromatic carbocycles. The van der Waals surface area contributed by atoms with E-state index in [1.165, 1.54) is 17.3 Å². The van der Waals surface area contributed by atoms with Gasteiger partial charge >= 0.3 is 0 Å². The Bertz CT molecular complexity index is 897. The van der Waals surface area contributed by atoms with Crippen LogP contribution in [0.2, 0.25) is 0 Å². The van der Waals surface area contributed by atoms with E-state index in [9.17, 15) is 4.79 Å². The second kappa shape index (κ2) is 6.68. The van der Waals surface area contributed by atoms with E-state index in [2.05, 4.69) is 28.2 Å². The molecular formula is C18H16N4O2S. The number of nitrogens with zero attached hydrogens (tertiary/aromatic N) is 4. The smallest absolute Gasteiger partial charge is 0.277 e. The molecule has 3 aromatic rings. The highest BCUT2D eigenvalue weighted by Crippen LogP contribution is 2.33. The number of para-hydroxylation sites is 1. The maximum atomic E-state index is 12.7. The summed E-state index contributed by atoms with van der Waals surface area (Å²) in [5.41, 5.74) is 2.97. The molecule has 0 saturated carbocycles. The third-order valence-corrected chi connectivity index (χ3v) is 4.91. The van der Waals surface area contributed by atoms with Gasteiger partial charge in [-0.25, -0.2) is 0 Å². The first-order chi connectivity index (χ1) is 12.2. The van der Waals surface area contributed by atoms with Crippen molar-refractivity contribution in [1.29, 1.82) is 0 Å². The van der Waals surface area contributed by atoms with Gasteiger partial charge in [-0.15, -0.1) is 10.2 Å². The molecule has 1 atom stereocenters. The Morgan fingerprint density at radius 2 is 2.16 bits per heavy atom. The molecule has 3 heterocycles. The van der Waals surface area contributed by atoms with Gasteiger partial charge in [0, 0.05) is 24.1 Å². The Morgan fingerprint density at radius 3 is 3.00 bits per heavy atom. The average Bonchev–Trinajstić information content (AvgIpc) is 3.24. The van der Waals surface area contributed by atoms with Crippen LogP contribution in [-0.2, 0) is 11.2 Å². The lowest BCUT2D eigenvalue weighted by molar-refractivity contribution is -0.116. The number of aromatic nitrogens is 3.